The standard InChI is InChI=1S/C16H18N2O2S/c1-3-17-9-12-5-4-6-14(7-12)18-16(20)15-8-13(10-21-15)11(2)19/h4-8,10,17H,3,9H2,1-2H3,(H,18,20). The summed E-state index contributed by atoms with van der Waals surface area (Å²) in [7, 11) is 0. The summed E-state index contributed by atoms with van der Waals surface area (Å²) in [5.74, 6) is -0.217. The fourth-order valence-corrected chi connectivity index (χ4v) is 2.70. The average molecular weight is 302 g/mol. The zero-order valence-corrected chi connectivity index (χ0v) is 12.9. The van der Waals surface area contributed by atoms with E-state index < -0.39 is 0 Å². The first-order valence-electron chi connectivity index (χ1n) is 6.80. The van der Waals surface area contributed by atoms with Crippen molar-refractivity contribution < 1.29 is 9.59 Å². The third-order valence-corrected chi connectivity index (χ3v) is 3.92. The van der Waals surface area contributed by atoms with Crippen LogP contribution in [0.15, 0.2) is 35.7 Å². The van der Waals surface area contributed by atoms with E-state index in [2.05, 4.69) is 17.6 Å². The zero-order chi connectivity index (χ0) is 15.2. The number of hydrogen-bond acceptors (Lipinski definition) is 4. The third-order valence-electron chi connectivity index (χ3n) is 2.99. The fourth-order valence-electron chi connectivity index (χ4n) is 1.86. The molecule has 2 aromatic rings. The van der Waals surface area contributed by atoms with Crippen LogP contribution in [-0.2, 0) is 6.54 Å². The van der Waals surface area contributed by atoms with Gasteiger partial charge in [-0.15, -0.1) is 11.3 Å². The van der Waals surface area contributed by atoms with Crippen LogP contribution < -0.4 is 10.6 Å². The lowest BCUT2D eigenvalue weighted by Crippen LogP contribution is -2.13. The highest BCUT2D eigenvalue weighted by molar-refractivity contribution is 7.12. The molecule has 0 radical (unpaired) electrons. The van der Waals surface area contributed by atoms with Crippen molar-refractivity contribution in [2.24, 2.45) is 0 Å². The number of carbonyl (C=O) groups is 2. The van der Waals surface area contributed by atoms with Crippen LogP contribution in [-0.4, -0.2) is 18.2 Å². The van der Waals surface area contributed by atoms with Crippen LogP contribution in [0.4, 0.5) is 5.69 Å². The van der Waals surface area contributed by atoms with Gasteiger partial charge in [-0.05, 0) is 37.2 Å². The van der Waals surface area contributed by atoms with Gasteiger partial charge in [-0.25, -0.2) is 0 Å². The van der Waals surface area contributed by atoms with Gasteiger partial charge >= 0.3 is 0 Å². The van der Waals surface area contributed by atoms with Crippen molar-refractivity contribution in [2.45, 2.75) is 20.4 Å². The molecule has 1 amide bonds. The summed E-state index contributed by atoms with van der Waals surface area (Å²) >= 11 is 1.28. The predicted octanol–water partition coefficient (Wildman–Crippen LogP) is 3.31. The van der Waals surface area contributed by atoms with Crippen molar-refractivity contribution in [3.05, 3.63) is 51.7 Å². The van der Waals surface area contributed by atoms with Crippen LogP contribution in [0.1, 0.15) is 39.4 Å². The van der Waals surface area contributed by atoms with E-state index in [-0.39, 0.29) is 11.7 Å². The first-order chi connectivity index (χ1) is 10.1. The van der Waals surface area contributed by atoms with Gasteiger partial charge < -0.3 is 10.6 Å². The highest BCUT2D eigenvalue weighted by atomic mass is 32.1. The van der Waals surface area contributed by atoms with Crippen molar-refractivity contribution in [3.63, 3.8) is 0 Å². The molecule has 21 heavy (non-hydrogen) atoms. The maximum absolute atomic E-state index is 12.1. The SMILES string of the molecule is CCNCc1cccc(NC(=O)c2cc(C(C)=O)cs2)c1. The number of benzene rings is 1. The minimum atomic E-state index is -0.187. The molecule has 0 aliphatic rings. The molecule has 4 nitrogen and oxygen atoms in total. The van der Waals surface area contributed by atoms with Gasteiger partial charge in [0.15, 0.2) is 5.78 Å². The molecule has 1 heterocycles. The smallest absolute Gasteiger partial charge is 0.265 e. The average Bonchev–Trinajstić information content (AvgIpc) is 2.95. The Morgan fingerprint density at radius 3 is 2.71 bits per heavy atom. The number of nitrogens with one attached hydrogen (secondary N) is 2. The van der Waals surface area contributed by atoms with E-state index in [0.29, 0.717) is 10.4 Å². The van der Waals surface area contributed by atoms with Crippen molar-refractivity contribution in [1.82, 2.24) is 5.32 Å². The van der Waals surface area contributed by atoms with Crippen molar-refractivity contribution in [3.8, 4) is 0 Å². The third kappa shape index (κ3) is 4.24. The fraction of sp³-hybridized carbons (Fsp3) is 0.250. The first-order valence-corrected chi connectivity index (χ1v) is 7.68. The molecular weight excluding hydrogens is 284 g/mol. The number of Topliss-reactive ketones (excluding diaryl/α,β-unsaturated/α-hetero) is 1. The summed E-state index contributed by atoms with van der Waals surface area (Å²) in [5.41, 5.74) is 2.45. The Hall–Kier alpha value is -1.98. The topological polar surface area (TPSA) is 58.2 Å². The van der Waals surface area contributed by atoms with Crippen LogP contribution >= 0.6 is 11.3 Å². The van der Waals surface area contributed by atoms with E-state index in [0.717, 1.165) is 24.3 Å². The van der Waals surface area contributed by atoms with Gasteiger partial charge in [0, 0.05) is 23.2 Å². The lowest BCUT2D eigenvalue weighted by molar-refractivity contribution is 0.101. The maximum atomic E-state index is 12.1. The highest BCUT2D eigenvalue weighted by Gasteiger charge is 2.11. The summed E-state index contributed by atoms with van der Waals surface area (Å²) < 4.78 is 0. The maximum Gasteiger partial charge on any atom is 0.265 e. The second-order valence-corrected chi connectivity index (χ2v) is 5.60. The van der Waals surface area contributed by atoms with E-state index in [9.17, 15) is 9.59 Å². The van der Waals surface area contributed by atoms with E-state index in [1.54, 1.807) is 11.4 Å². The molecule has 0 bridgehead atoms. The number of rotatable bonds is 6. The molecule has 2 N–H and O–H groups in total. The number of carbonyl (C=O) groups excluding carboxylic acids is 2. The van der Waals surface area contributed by atoms with E-state index in [1.165, 1.54) is 18.3 Å². The molecule has 0 spiro atoms. The van der Waals surface area contributed by atoms with Gasteiger partial charge in [0.1, 0.15) is 0 Å². The normalized spacial score (nSPS) is 10.4. The zero-order valence-electron chi connectivity index (χ0n) is 12.1. The van der Waals surface area contributed by atoms with Crippen LogP contribution in [0.25, 0.3) is 0 Å². The van der Waals surface area contributed by atoms with E-state index >= 15 is 0 Å². The molecular formula is C16H18N2O2S. The minimum absolute atomic E-state index is 0.0297. The van der Waals surface area contributed by atoms with Gasteiger partial charge in [-0.1, -0.05) is 19.1 Å². The Kier molecular flexibility index (Phi) is 5.25. The number of ketones is 1. The minimum Gasteiger partial charge on any atom is -0.321 e. The molecule has 1 aromatic carbocycles. The lowest BCUT2D eigenvalue weighted by Gasteiger charge is -2.07. The summed E-state index contributed by atoms with van der Waals surface area (Å²) in [6.07, 6.45) is 0. The Labute approximate surface area is 128 Å². The first kappa shape index (κ1) is 15.4. The van der Waals surface area contributed by atoms with E-state index in [4.69, 9.17) is 0 Å². The van der Waals surface area contributed by atoms with E-state index in [1.807, 2.05) is 24.3 Å². The van der Waals surface area contributed by atoms with Gasteiger partial charge in [0.05, 0.1) is 4.88 Å². The van der Waals surface area contributed by atoms with Crippen LogP contribution in [0.2, 0.25) is 0 Å². The number of amides is 1. The van der Waals surface area contributed by atoms with Gasteiger partial charge in [0.25, 0.3) is 5.91 Å². The second-order valence-electron chi connectivity index (χ2n) is 4.69. The quantitative estimate of drug-likeness (QED) is 0.805. The Balaban J connectivity index is 2.06. The van der Waals surface area contributed by atoms with Crippen molar-refractivity contribution in [2.75, 3.05) is 11.9 Å². The molecule has 110 valence electrons. The van der Waals surface area contributed by atoms with Crippen LogP contribution in [0.5, 0.6) is 0 Å². The number of hydrogen-bond donors (Lipinski definition) is 2. The van der Waals surface area contributed by atoms with Crippen LogP contribution in [0.3, 0.4) is 0 Å². The van der Waals surface area contributed by atoms with Gasteiger partial charge in [-0.2, -0.15) is 0 Å². The molecule has 0 atom stereocenters. The molecule has 0 fully saturated rings. The molecule has 5 heteroatoms. The molecule has 0 aliphatic carbocycles. The largest absolute Gasteiger partial charge is 0.321 e. The molecule has 0 aliphatic heterocycles. The lowest BCUT2D eigenvalue weighted by atomic mass is 10.2. The molecule has 0 unspecified atom stereocenters. The monoisotopic (exact) mass is 302 g/mol. The Morgan fingerprint density at radius 2 is 2.05 bits per heavy atom. The Morgan fingerprint density at radius 1 is 1.24 bits per heavy atom. The summed E-state index contributed by atoms with van der Waals surface area (Å²) in [4.78, 5) is 23.9. The van der Waals surface area contributed by atoms with Crippen molar-refractivity contribution in [1.29, 1.82) is 0 Å². The number of thiophene rings is 1. The summed E-state index contributed by atoms with van der Waals surface area (Å²) in [6, 6.07) is 9.35. The molecule has 0 saturated carbocycles. The predicted molar refractivity (Wildman–Crippen MR) is 86.1 cm³/mol. The number of anilines is 1. The molecule has 0 saturated heterocycles. The summed E-state index contributed by atoms with van der Waals surface area (Å²) in [5, 5.41) is 7.81. The molecule has 1 aromatic heterocycles. The highest BCUT2D eigenvalue weighted by Crippen LogP contribution is 2.18. The molecule has 2 rings (SSSR count). The van der Waals surface area contributed by atoms with Crippen molar-refractivity contribution >= 4 is 28.7 Å². The second kappa shape index (κ2) is 7.15. The van der Waals surface area contributed by atoms with Crippen LogP contribution in [0, 0.1) is 0 Å². The Bertz CT molecular complexity index is 649. The van der Waals surface area contributed by atoms with Gasteiger partial charge in [-0.3, -0.25) is 9.59 Å². The van der Waals surface area contributed by atoms with Gasteiger partial charge in [0.2, 0.25) is 0 Å². The summed E-state index contributed by atoms with van der Waals surface area (Å²) in [6.45, 7) is 5.22.